The van der Waals surface area contributed by atoms with Gasteiger partial charge in [0.15, 0.2) is 11.0 Å². The summed E-state index contributed by atoms with van der Waals surface area (Å²) in [5.41, 5.74) is 6.07. The summed E-state index contributed by atoms with van der Waals surface area (Å²) in [4.78, 5) is 22.6. The molecular formula is C17H21N5O3S. The fourth-order valence-electron chi connectivity index (χ4n) is 2.11. The van der Waals surface area contributed by atoms with Crippen molar-refractivity contribution >= 4 is 23.7 Å². The molecule has 9 heteroatoms. The van der Waals surface area contributed by atoms with Gasteiger partial charge in [-0.05, 0) is 31.5 Å². The maximum absolute atomic E-state index is 11.8. The number of carbonyl (C=O) groups excluding carboxylic acids is 2. The van der Waals surface area contributed by atoms with Gasteiger partial charge in [-0.3, -0.25) is 14.7 Å². The number of primary amides is 1. The Morgan fingerprint density at radius 1 is 1.46 bits per heavy atom. The zero-order chi connectivity index (χ0) is 19.1. The molecule has 0 spiro atoms. The first kappa shape index (κ1) is 19.5. The number of aromatic nitrogens is 3. The van der Waals surface area contributed by atoms with Crippen LogP contribution in [0.2, 0.25) is 0 Å². The highest BCUT2D eigenvalue weighted by molar-refractivity contribution is 8.00. The third kappa shape index (κ3) is 5.35. The summed E-state index contributed by atoms with van der Waals surface area (Å²) in [5.74, 6) is 0.853. The zero-order valence-electron chi connectivity index (χ0n) is 14.6. The molecule has 26 heavy (non-hydrogen) atoms. The van der Waals surface area contributed by atoms with Crippen LogP contribution >= 0.6 is 11.8 Å². The Labute approximate surface area is 155 Å². The van der Waals surface area contributed by atoms with Crippen LogP contribution in [0.1, 0.15) is 18.3 Å². The van der Waals surface area contributed by atoms with Crippen molar-refractivity contribution in [3.8, 4) is 5.75 Å². The number of amides is 3. The molecule has 0 aliphatic heterocycles. The monoisotopic (exact) mass is 375 g/mol. The van der Waals surface area contributed by atoms with Gasteiger partial charge in [-0.25, -0.2) is 4.79 Å². The van der Waals surface area contributed by atoms with E-state index >= 15 is 0 Å². The number of aryl methyl sites for hydroxylation is 1. The highest BCUT2D eigenvalue weighted by Gasteiger charge is 2.20. The number of benzene rings is 1. The second-order valence-corrected chi connectivity index (χ2v) is 6.82. The minimum absolute atomic E-state index is 0.229. The number of carbonyl (C=O) groups is 2. The van der Waals surface area contributed by atoms with Gasteiger partial charge in [-0.1, -0.05) is 30.0 Å². The van der Waals surface area contributed by atoms with Crippen molar-refractivity contribution in [2.24, 2.45) is 5.73 Å². The number of thioether (sulfide) groups is 1. The van der Waals surface area contributed by atoms with Gasteiger partial charge in [0.25, 0.3) is 0 Å². The van der Waals surface area contributed by atoms with Crippen LogP contribution in [0.25, 0.3) is 0 Å². The summed E-state index contributed by atoms with van der Waals surface area (Å²) >= 11 is 1.17. The first-order valence-corrected chi connectivity index (χ1v) is 8.78. The second-order valence-electron chi connectivity index (χ2n) is 5.52. The number of nitrogens with zero attached hydrogens (tertiary/aromatic N) is 3. The van der Waals surface area contributed by atoms with E-state index < -0.39 is 17.2 Å². The van der Waals surface area contributed by atoms with Gasteiger partial charge in [0, 0.05) is 6.54 Å². The summed E-state index contributed by atoms with van der Waals surface area (Å²) in [5, 5.41) is 10.3. The largest absolute Gasteiger partial charge is 0.486 e. The Bertz CT molecular complexity index is 805. The highest BCUT2D eigenvalue weighted by Crippen LogP contribution is 2.23. The number of rotatable bonds is 8. The van der Waals surface area contributed by atoms with Gasteiger partial charge in [0.05, 0.1) is 5.25 Å². The number of ether oxygens (including phenoxy) is 1. The first-order chi connectivity index (χ1) is 12.4. The molecule has 0 bridgehead atoms. The lowest BCUT2D eigenvalue weighted by Gasteiger charge is -2.12. The van der Waals surface area contributed by atoms with Gasteiger partial charge in [-0.2, -0.15) is 0 Å². The standard InChI is InChI=1S/C17H21N5O3S/c1-4-8-22-14(10-25-13-7-5-6-11(2)9-13)20-21-17(22)26-12(3)15(23)19-16(18)24/h4-7,9,12H,1,8,10H2,2-3H3,(H3,18,19,23,24)/t12-/m1/s1. The molecule has 0 unspecified atom stereocenters. The summed E-state index contributed by atoms with van der Waals surface area (Å²) in [6.45, 7) is 8.07. The van der Waals surface area contributed by atoms with Crippen LogP contribution < -0.4 is 15.8 Å². The third-order valence-electron chi connectivity index (χ3n) is 3.36. The number of allylic oxidation sites excluding steroid dienone is 1. The maximum atomic E-state index is 11.8. The molecule has 3 amide bonds. The Morgan fingerprint density at radius 3 is 2.88 bits per heavy atom. The summed E-state index contributed by atoms with van der Waals surface area (Å²) in [6, 6.07) is 6.81. The molecule has 0 fully saturated rings. The van der Waals surface area contributed by atoms with E-state index in [9.17, 15) is 9.59 Å². The lowest BCUT2D eigenvalue weighted by molar-refractivity contribution is -0.119. The lowest BCUT2D eigenvalue weighted by atomic mass is 10.2. The van der Waals surface area contributed by atoms with E-state index in [0.717, 1.165) is 11.3 Å². The van der Waals surface area contributed by atoms with Crippen molar-refractivity contribution < 1.29 is 14.3 Å². The lowest BCUT2D eigenvalue weighted by Crippen LogP contribution is -2.39. The van der Waals surface area contributed by atoms with Crippen molar-refractivity contribution in [2.75, 3.05) is 0 Å². The third-order valence-corrected chi connectivity index (χ3v) is 4.44. The smallest absolute Gasteiger partial charge is 0.318 e. The number of urea groups is 1. The Morgan fingerprint density at radius 2 is 2.23 bits per heavy atom. The molecule has 1 aromatic carbocycles. The fourth-order valence-corrected chi connectivity index (χ4v) is 2.99. The van der Waals surface area contributed by atoms with Gasteiger partial charge < -0.3 is 10.5 Å². The topological polar surface area (TPSA) is 112 Å². The normalized spacial score (nSPS) is 11.6. The van der Waals surface area contributed by atoms with Gasteiger partial charge in [0.1, 0.15) is 12.4 Å². The minimum atomic E-state index is -0.887. The van der Waals surface area contributed by atoms with E-state index in [4.69, 9.17) is 10.5 Å². The molecule has 0 aliphatic rings. The van der Waals surface area contributed by atoms with Gasteiger partial charge in [-0.15, -0.1) is 16.8 Å². The van der Waals surface area contributed by atoms with Crippen LogP contribution in [-0.4, -0.2) is 32.0 Å². The predicted octanol–water partition coefficient (Wildman–Crippen LogP) is 2.03. The van der Waals surface area contributed by atoms with Crippen molar-refractivity contribution in [3.63, 3.8) is 0 Å². The molecule has 2 rings (SSSR count). The molecule has 8 nitrogen and oxygen atoms in total. The molecule has 0 aliphatic carbocycles. The van der Waals surface area contributed by atoms with Gasteiger partial charge in [0.2, 0.25) is 5.91 Å². The highest BCUT2D eigenvalue weighted by atomic mass is 32.2. The first-order valence-electron chi connectivity index (χ1n) is 7.90. The molecule has 1 heterocycles. The predicted molar refractivity (Wildman–Crippen MR) is 98.8 cm³/mol. The molecule has 0 saturated heterocycles. The van der Waals surface area contributed by atoms with Crippen LogP contribution in [0, 0.1) is 6.92 Å². The van der Waals surface area contributed by atoms with Crippen molar-refractivity contribution in [2.45, 2.75) is 37.4 Å². The van der Waals surface area contributed by atoms with Gasteiger partial charge >= 0.3 is 6.03 Å². The van der Waals surface area contributed by atoms with Crippen molar-refractivity contribution in [1.82, 2.24) is 20.1 Å². The second kappa shape index (κ2) is 9.04. The summed E-state index contributed by atoms with van der Waals surface area (Å²) in [7, 11) is 0. The van der Waals surface area contributed by atoms with Crippen molar-refractivity contribution in [1.29, 1.82) is 0 Å². The molecule has 138 valence electrons. The number of hydrogen-bond donors (Lipinski definition) is 2. The number of hydrogen-bond acceptors (Lipinski definition) is 6. The fraction of sp³-hybridized carbons (Fsp3) is 0.294. The quantitative estimate of drug-likeness (QED) is 0.539. The maximum Gasteiger partial charge on any atom is 0.318 e. The minimum Gasteiger partial charge on any atom is -0.486 e. The SMILES string of the molecule is C=CCn1c(COc2cccc(C)c2)nnc1S[C@H](C)C(=O)NC(N)=O. The Kier molecular flexibility index (Phi) is 6.79. The van der Waals surface area contributed by atoms with E-state index in [1.54, 1.807) is 13.0 Å². The Hall–Kier alpha value is -2.81. The van der Waals surface area contributed by atoms with E-state index in [-0.39, 0.29) is 6.61 Å². The van der Waals surface area contributed by atoms with Crippen LogP contribution in [-0.2, 0) is 17.9 Å². The molecule has 2 aromatic rings. The Balaban J connectivity index is 2.10. The molecule has 1 aromatic heterocycles. The molecule has 0 saturated carbocycles. The van der Waals surface area contributed by atoms with Crippen molar-refractivity contribution in [3.05, 3.63) is 48.3 Å². The van der Waals surface area contributed by atoms with Crippen LogP contribution in [0.15, 0.2) is 42.1 Å². The molecule has 0 radical (unpaired) electrons. The summed E-state index contributed by atoms with van der Waals surface area (Å²) < 4.78 is 7.58. The van der Waals surface area contributed by atoms with E-state index in [1.165, 1.54) is 11.8 Å². The molecule has 1 atom stereocenters. The van der Waals surface area contributed by atoms with Crippen LogP contribution in [0.3, 0.4) is 0 Å². The molecule has 3 N–H and O–H groups in total. The number of nitrogens with two attached hydrogens (primary N) is 1. The zero-order valence-corrected chi connectivity index (χ0v) is 15.5. The number of imide groups is 1. The average molecular weight is 375 g/mol. The van der Waals surface area contributed by atoms with Crippen LogP contribution in [0.5, 0.6) is 5.75 Å². The van der Waals surface area contributed by atoms with E-state index in [1.807, 2.05) is 41.1 Å². The van der Waals surface area contributed by atoms with E-state index in [0.29, 0.717) is 17.5 Å². The summed E-state index contributed by atoms with van der Waals surface area (Å²) in [6.07, 6.45) is 1.71. The van der Waals surface area contributed by atoms with Crippen LogP contribution in [0.4, 0.5) is 4.79 Å². The average Bonchev–Trinajstić information content (AvgIpc) is 2.94. The van der Waals surface area contributed by atoms with E-state index in [2.05, 4.69) is 16.8 Å². The number of nitrogens with one attached hydrogen (secondary N) is 1. The molecular weight excluding hydrogens is 354 g/mol.